The fourth-order valence-electron chi connectivity index (χ4n) is 15.5. The van der Waals surface area contributed by atoms with Gasteiger partial charge in [-0.25, -0.2) is 0 Å². The van der Waals surface area contributed by atoms with Crippen LogP contribution >= 0.6 is 0 Å². The topological polar surface area (TPSA) is 23.9 Å². The second-order valence-electron chi connectivity index (χ2n) is 25.6. The summed E-state index contributed by atoms with van der Waals surface area (Å²) in [5, 5.41) is -0.150. The molecule has 15 aromatic rings. The van der Waals surface area contributed by atoms with E-state index >= 15 is 0 Å². The maximum Gasteiger partial charge on any atom is 0.261 e. The quantitative estimate of drug-likeness (QED) is 0.142. The van der Waals surface area contributed by atoms with Gasteiger partial charge in [0.2, 0.25) is 0 Å². The van der Waals surface area contributed by atoms with Crippen LogP contribution in [0, 0.1) is 0 Å². The Morgan fingerprint density at radius 1 is 0.347 bits per heavy atom. The second-order valence-corrected chi connectivity index (χ2v) is 25.6. The normalized spacial score (nSPS) is 16.1. The largest absolute Gasteiger partial charge is 0.458 e. The molecule has 0 unspecified atom stereocenters. The number of para-hydroxylation sites is 4. The van der Waals surface area contributed by atoms with E-state index in [1.165, 1.54) is 0 Å². The fraction of sp³-hybridized carbons (Fsp3) is 0.0455. The van der Waals surface area contributed by atoms with Crippen LogP contribution in [-0.4, -0.2) is 18.0 Å². The Balaban J connectivity index is 1.10. The minimum atomic E-state index is -1.46. The van der Waals surface area contributed by atoms with Crippen molar-refractivity contribution in [2.45, 2.75) is 26.2 Å². The number of nitrogens with zero attached hydrogens (tertiary/aromatic N) is 4. The number of hydrogen-bond acceptors (Lipinski definition) is 4. The molecule has 6 heterocycles. The molecular formula is C88H60B2N4O. The Hall–Kier alpha value is -11.8. The highest BCUT2D eigenvalue weighted by Gasteiger charge is 2.54. The van der Waals surface area contributed by atoms with Gasteiger partial charge >= 0.3 is 0 Å². The molecule has 0 fully saturated rings. The lowest BCUT2D eigenvalue weighted by molar-refractivity contribution is 0.488. The minimum absolute atomic E-state index is 0.0127. The van der Waals surface area contributed by atoms with E-state index in [0.717, 1.165) is 27.8 Å². The van der Waals surface area contributed by atoms with Gasteiger partial charge < -0.3 is 24.0 Å². The smallest absolute Gasteiger partial charge is 0.261 e. The lowest BCUT2D eigenvalue weighted by Crippen LogP contribution is -2.67. The van der Waals surface area contributed by atoms with Gasteiger partial charge in [-0.15, -0.1) is 0 Å². The van der Waals surface area contributed by atoms with Gasteiger partial charge in [0.1, 0.15) is 11.5 Å². The maximum atomic E-state index is 12.2. The molecule has 95 heavy (non-hydrogen) atoms. The third-order valence-corrected chi connectivity index (χ3v) is 19.5. The first-order valence-electron chi connectivity index (χ1n) is 40.8. The molecule has 7 heteroatoms. The van der Waals surface area contributed by atoms with E-state index in [1.807, 2.05) is 186 Å². The second kappa shape index (κ2) is 20.4. The van der Waals surface area contributed by atoms with E-state index in [4.69, 9.17) is 6.11 Å². The molecule has 0 atom stereocenters. The Morgan fingerprint density at radius 2 is 0.884 bits per heavy atom. The fourth-order valence-corrected chi connectivity index (χ4v) is 15.5. The van der Waals surface area contributed by atoms with Crippen LogP contribution in [0.15, 0.2) is 309 Å². The van der Waals surface area contributed by atoms with Crippen LogP contribution in [0.2, 0.25) is 0 Å². The molecule has 1 aromatic heterocycles. The summed E-state index contributed by atoms with van der Waals surface area (Å²) in [6.45, 7) is 3.46. The number of rotatable bonds is 8. The maximum absolute atomic E-state index is 12.2. The lowest BCUT2D eigenvalue weighted by Gasteiger charge is -2.50. The summed E-state index contributed by atoms with van der Waals surface area (Å²) in [5.41, 5.74) is 8.69. The van der Waals surface area contributed by atoms with Crippen molar-refractivity contribution in [3.63, 3.8) is 0 Å². The van der Waals surface area contributed by atoms with E-state index in [1.54, 1.807) is 16.7 Å². The average molecular weight is 1230 g/mol. The first-order chi connectivity index (χ1) is 54.3. The van der Waals surface area contributed by atoms with Crippen LogP contribution in [0.25, 0.3) is 83.1 Å². The summed E-state index contributed by atoms with van der Waals surface area (Å²) in [5.74, 6) is -0.416. The first kappa shape index (κ1) is 38.9. The zero-order chi connectivity index (χ0) is 78.5. The number of anilines is 9. The standard InChI is InChI=1S/C88H60B2N4O/c1-88(2,3)61-52-73-79-74(53-61)94(85-65(58-33-16-7-17-34-58)42-25-43-66(85)59-35-18-8-19-36-59)75-54-76-82-87(91(62-37-20-9-21-38-62)71-45-26-46-77-80(71)90(82)83-78(95-77)50-48-68-67-39-22-23-44-70(67)92(76)86(68)83)81(75)89(79)69-49-47-60(55-27-10-4-11-28-55)51-72(69)93(73)84-63(56-29-12-5-13-30-56)40-24-41-64(84)57-31-14-6-15-32-57/h4-54H,1-3H3/i4D,10D,11D,22D,23D,26D,27D,28D,39D,44D,45D,46D,47D,48D,49D,50D,51D,54D. The highest BCUT2D eigenvalue weighted by Crippen LogP contribution is 2.56. The molecule has 0 saturated heterocycles. The molecule has 5 nitrogen and oxygen atoms in total. The predicted octanol–water partition coefficient (Wildman–Crippen LogP) is 19.2. The molecule has 0 saturated carbocycles. The monoisotopic (exact) mass is 1230 g/mol. The summed E-state index contributed by atoms with van der Waals surface area (Å²) in [4.78, 5) is 5.86. The third kappa shape index (κ3) is 7.75. The number of hydrogen-bond donors (Lipinski definition) is 0. The van der Waals surface area contributed by atoms with E-state index in [9.17, 15) is 23.3 Å². The predicted molar refractivity (Wildman–Crippen MR) is 400 cm³/mol. The average Bonchev–Trinajstić information content (AvgIpc) is 1.63. The number of fused-ring (bicyclic) bond motifs is 9. The molecule has 0 N–H and O–H groups in total. The molecule has 14 aromatic carbocycles. The van der Waals surface area contributed by atoms with Crippen LogP contribution < -0.4 is 52.2 Å². The molecule has 5 aliphatic rings. The van der Waals surface area contributed by atoms with Gasteiger partial charge in [-0.2, -0.15) is 0 Å². The van der Waals surface area contributed by atoms with Crippen molar-refractivity contribution < 1.29 is 29.4 Å². The molecule has 0 bridgehead atoms. The Kier molecular flexibility index (Phi) is 8.34. The van der Waals surface area contributed by atoms with Crippen LogP contribution in [-0.2, 0) is 5.41 Å². The van der Waals surface area contributed by atoms with Crippen LogP contribution in [0.1, 0.15) is 51.0 Å². The summed E-state index contributed by atoms with van der Waals surface area (Å²) < 4.78 is 191. The molecule has 444 valence electrons. The summed E-state index contributed by atoms with van der Waals surface area (Å²) in [6.07, 6.45) is 0. The highest BCUT2D eigenvalue weighted by atomic mass is 16.5. The molecular weight excluding hydrogens is 1150 g/mol. The molecule has 0 radical (unpaired) electrons. The summed E-state index contributed by atoms with van der Waals surface area (Å²) in [7, 11) is 0. The minimum Gasteiger partial charge on any atom is -0.458 e. The zero-order valence-electron chi connectivity index (χ0n) is 69.4. The zero-order valence-corrected chi connectivity index (χ0v) is 51.4. The molecule has 20 rings (SSSR count). The van der Waals surface area contributed by atoms with Gasteiger partial charge in [0, 0.05) is 78.5 Å². The Labute approximate surface area is 579 Å². The van der Waals surface area contributed by atoms with Crippen molar-refractivity contribution in [1.29, 1.82) is 0 Å². The molecule has 5 aliphatic heterocycles. The van der Waals surface area contributed by atoms with Gasteiger partial charge in [0.05, 0.1) is 47.1 Å². The highest BCUT2D eigenvalue weighted by molar-refractivity contribution is 7.05. The Bertz CT molecular complexity index is 6680. The molecule has 0 spiro atoms. The lowest BCUT2D eigenvalue weighted by atomic mass is 9.29. The molecule has 0 amide bonds. The summed E-state index contributed by atoms with van der Waals surface area (Å²) >= 11 is 0. The van der Waals surface area contributed by atoms with E-state index < -0.39 is 133 Å². The van der Waals surface area contributed by atoms with Gasteiger partial charge in [-0.1, -0.05) is 263 Å². The van der Waals surface area contributed by atoms with Gasteiger partial charge in [-0.05, 0) is 144 Å². The van der Waals surface area contributed by atoms with Crippen molar-refractivity contribution in [2.24, 2.45) is 0 Å². The van der Waals surface area contributed by atoms with E-state index in [0.29, 0.717) is 56.2 Å². The van der Waals surface area contributed by atoms with Crippen molar-refractivity contribution in [2.75, 3.05) is 14.7 Å². The SMILES string of the molecule is [2H]c1c([2H])c([2H])c(-c2c([2H])c([2H])c3c(c2[2H])N(c2c(-c4ccccc4)cccc2-c2ccccc2)c2cc(C(C)(C)C)cc4c2B3c2c(c([2H])c3c5c2N(c2ccccc2)c2c([2H])c([2H])c([2H])c6c2B5c2c(c([2H])c([2H])c5c7c([2H])c([2H])c([2H])c([2H])c7n-3c25)O6)N4c2c(-c3ccccc3)cccc2-c2ccccc2)c([2H])c1[2H]. The van der Waals surface area contributed by atoms with Gasteiger partial charge in [-0.3, -0.25) is 0 Å². The molecule has 0 aliphatic carbocycles. The van der Waals surface area contributed by atoms with Crippen LogP contribution in [0.4, 0.5) is 51.2 Å². The van der Waals surface area contributed by atoms with Crippen molar-refractivity contribution in [3.8, 4) is 72.8 Å². The Morgan fingerprint density at radius 3 is 1.47 bits per heavy atom. The number of benzene rings is 14. The van der Waals surface area contributed by atoms with E-state index in [-0.39, 0.29) is 95.1 Å². The summed E-state index contributed by atoms with van der Waals surface area (Å²) in [6, 6.07) is 54.0. The van der Waals surface area contributed by atoms with Gasteiger partial charge in [0.15, 0.2) is 0 Å². The van der Waals surface area contributed by atoms with E-state index in [2.05, 4.69) is 37.8 Å². The first-order valence-corrected chi connectivity index (χ1v) is 31.8. The van der Waals surface area contributed by atoms with Crippen LogP contribution in [0.5, 0.6) is 11.5 Å². The number of ether oxygens (including phenoxy) is 1. The number of aromatic nitrogens is 1. The van der Waals surface area contributed by atoms with Crippen LogP contribution in [0.3, 0.4) is 0 Å². The van der Waals surface area contributed by atoms with Gasteiger partial charge in [0.25, 0.3) is 13.4 Å². The third-order valence-electron chi connectivity index (χ3n) is 19.5. The van der Waals surface area contributed by atoms with Crippen molar-refractivity contribution in [3.05, 3.63) is 315 Å². The van der Waals surface area contributed by atoms with Crippen molar-refractivity contribution >= 4 is 119 Å². The van der Waals surface area contributed by atoms with Crippen molar-refractivity contribution in [1.82, 2.24) is 4.57 Å².